The van der Waals surface area contributed by atoms with E-state index in [-0.39, 0.29) is 22.4 Å². The third-order valence-corrected chi connectivity index (χ3v) is 5.99. The van der Waals surface area contributed by atoms with Gasteiger partial charge >= 0.3 is 6.03 Å². The van der Waals surface area contributed by atoms with Crippen molar-refractivity contribution in [2.75, 3.05) is 6.54 Å². The molecule has 7 heteroatoms. The van der Waals surface area contributed by atoms with E-state index in [1.165, 1.54) is 12.1 Å². The van der Waals surface area contributed by atoms with E-state index in [0.29, 0.717) is 13.1 Å². The minimum atomic E-state index is -3.73. The summed E-state index contributed by atoms with van der Waals surface area (Å²) in [5.74, 6) is 0. The molecule has 144 valence electrons. The molecule has 3 N–H and O–H groups in total. The fraction of sp³-hybridized carbons (Fsp3) is 0.350. The van der Waals surface area contributed by atoms with E-state index < -0.39 is 10.0 Å². The van der Waals surface area contributed by atoms with E-state index in [2.05, 4.69) is 19.2 Å². The molecule has 0 spiro atoms. The van der Waals surface area contributed by atoms with Gasteiger partial charge < -0.3 is 10.2 Å². The number of hydrogen-bond donors (Lipinski definition) is 2. The highest BCUT2D eigenvalue weighted by Gasteiger charge is 2.48. The van der Waals surface area contributed by atoms with Crippen LogP contribution in [0.15, 0.2) is 53.4 Å². The van der Waals surface area contributed by atoms with Gasteiger partial charge in [-0.15, -0.1) is 0 Å². The summed E-state index contributed by atoms with van der Waals surface area (Å²) in [6.07, 6.45) is 0. The topological polar surface area (TPSA) is 92.5 Å². The molecular weight excluding hydrogens is 362 g/mol. The standard InChI is InChI=1S/C20H25N3O3S/c1-14-11-17(27(21,25)26)10-9-16(14)12-22-19(24)23-13-20(2,3)18(23)15-7-5-4-6-8-15/h4-11,18H,12-13H2,1-3H3,(H,22,24)(H2,21,25,26). The van der Waals surface area contributed by atoms with Gasteiger partial charge in [0.15, 0.2) is 0 Å². The Balaban J connectivity index is 1.69. The van der Waals surface area contributed by atoms with Crippen molar-refractivity contribution in [2.45, 2.75) is 38.3 Å². The summed E-state index contributed by atoms with van der Waals surface area (Å²) >= 11 is 0. The molecule has 0 aliphatic carbocycles. The molecule has 0 saturated carbocycles. The summed E-state index contributed by atoms with van der Waals surface area (Å²) in [5, 5.41) is 8.10. The normalized spacial score (nSPS) is 18.7. The highest BCUT2D eigenvalue weighted by atomic mass is 32.2. The van der Waals surface area contributed by atoms with Gasteiger partial charge in [0.25, 0.3) is 0 Å². The van der Waals surface area contributed by atoms with Crippen LogP contribution < -0.4 is 10.5 Å². The van der Waals surface area contributed by atoms with Gasteiger partial charge in [0.05, 0.1) is 10.9 Å². The highest BCUT2D eigenvalue weighted by molar-refractivity contribution is 7.89. The number of aryl methyl sites for hydroxylation is 1. The molecule has 1 heterocycles. The molecule has 1 unspecified atom stereocenters. The maximum atomic E-state index is 12.7. The lowest BCUT2D eigenvalue weighted by atomic mass is 9.72. The Morgan fingerprint density at radius 3 is 2.44 bits per heavy atom. The maximum absolute atomic E-state index is 12.7. The van der Waals surface area contributed by atoms with Crippen molar-refractivity contribution in [1.82, 2.24) is 10.2 Å². The summed E-state index contributed by atoms with van der Waals surface area (Å²) in [5.41, 5.74) is 2.76. The monoisotopic (exact) mass is 387 g/mol. The molecule has 6 nitrogen and oxygen atoms in total. The quantitative estimate of drug-likeness (QED) is 0.845. The van der Waals surface area contributed by atoms with Gasteiger partial charge in [-0.2, -0.15) is 0 Å². The van der Waals surface area contributed by atoms with Crippen molar-refractivity contribution in [3.63, 3.8) is 0 Å². The van der Waals surface area contributed by atoms with Crippen molar-refractivity contribution < 1.29 is 13.2 Å². The SMILES string of the molecule is Cc1cc(S(N)(=O)=O)ccc1CNC(=O)N1CC(C)(C)C1c1ccccc1. The second kappa shape index (κ2) is 6.98. The smallest absolute Gasteiger partial charge is 0.318 e. The van der Waals surface area contributed by atoms with Gasteiger partial charge in [0, 0.05) is 18.5 Å². The molecule has 0 radical (unpaired) electrons. The van der Waals surface area contributed by atoms with Crippen LogP contribution >= 0.6 is 0 Å². The number of amides is 2. The van der Waals surface area contributed by atoms with Crippen LogP contribution in [0.1, 0.15) is 36.6 Å². The highest BCUT2D eigenvalue weighted by Crippen LogP contribution is 2.48. The average molecular weight is 388 g/mol. The van der Waals surface area contributed by atoms with E-state index in [1.54, 1.807) is 13.0 Å². The Labute approximate surface area is 160 Å². The fourth-order valence-electron chi connectivity index (χ4n) is 3.70. The van der Waals surface area contributed by atoms with E-state index >= 15 is 0 Å². The number of nitrogens with one attached hydrogen (secondary N) is 1. The van der Waals surface area contributed by atoms with Gasteiger partial charge in [-0.25, -0.2) is 18.4 Å². The van der Waals surface area contributed by atoms with Crippen LogP contribution in [0.2, 0.25) is 0 Å². The lowest BCUT2D eigenvalue weighted by molar-refractivity contribution is -0.0165. The van der Waals surface area contributed by atoms with Crippen molar-refractivity contribution >= 4 is 16.1 Å². The molecule has 0 bridgehead atoms. The molecule has 1 fully saturated rings. The zero-order valence-electron chi connectivity index (χ0n) is 15.8. The summed E-state index contributed by atoms with van der Waals surface area (Å²) in [6, 6.07) is 14.6. The zero-order chi connectivity index (χ0) is 19.8. The zero-order valence-corrected chi connectivity index (χ0v) is 16.6. The minimum absolute atomic E-state index is 0.0196. The number of carbonyl (C=O) groups excluding carboxylic acids is 1. The molecule has 1 aliphatic heterocycles. The maximum Gasteiger partial charge on any atom is 0.318 e. The average Bonchev–Trinajstić information content (AvgIpc) is 2.58. The van der Waals surface area contributed by atoms with Gasteiger partial charge in [-0.3, -0.25) is 0 Å². The van der Waals surface area contributed by atoms with Gasteiger partial charge in [0.2, 0.25) is 10.0 Å². The first kappa shape index (κ1) is 19.4. The summed E-state index contributed by atoms with van der Waals surface area (Å²) < 4.78 is 22.9. The first-order valence-corrected chi connectivity index (χ1v) is 10.4. The number of nitrogens with two attached hydrogens (primary N) is 1. The second-order valence-corrected chi connectivity index (χ2v) is 9.28. The summed E-state index contributed by atoms with van der Waals surface area (Å²) in [6.45, 7) is 7.13. The Kier molecular flexibility index (Phi) is 5.01. The molecule has 27 heavy (non-hydrogen) atoms. The lowest BCUT2D eigenvalue weighted by Gasteiger charge is -2.54. The Morgan fingerprint density at radius 2 is 1.89 bits per heavy atom. The summed E-state index contributed by atoms with van der Waals surface area (Å²) in [7, 11) is -3.73. The molecule has 1 aliphatic rings. The molecule has 1 saturated heterocycles. The predicted molar refractivity (Wildman–Crippen MR) is 104 cm³/mol. The predicted octanol–water partition coefficient (Wildman–Crippen LogP) is 2.94. The summed E-state index contributed by atoms with van der Waals surface area (Å²) in [4.78, 5) is 14.6. The largest absolute Gasteiger partial charge is 0.334 e. The number of urea groups is 1. The molecule has 2 aromatic carbocycles. The Bertz CT molecular complexity index is 956. The van der Waals surface area contributed by atoms with E-state index in [0.717, 1.165) is 16.7 Å². The van der Waals surface area contributed by atoms with Gasteiger partial charge in [-0.1, -0.05) is 50.2 Å². The van der Waals surface area contributed by atoms with Crippen LogP contribution in [0, 0.1) is 12.3 Å². The van der Waals surface area contributed by atoms with Gasteiger partial charge in [0.1, 0.15) is 0 Å². The third-order valence-electron chi connectivity index (χ3n) is 5.08. The molecule has 3 rings (SSSR count). The first-order chi connectivity index (χ1) is 12.6. The Hall–Kier alpha value is -2.38. The third kappa shape index (κ3) is 3.99. The van der Waals surface area contributed by atoms with Crippen LogP contribution in [0.25, 0.3) is 0 Å². The number of nitrogens with zero attached hydrogens (tertiary/aromatic N) is 1. The number of rotatable bonds is 4. The number of hydrogen-bond acceptors (Lipinski definition) is 3. The fourth-order valence-corrected chi connectivity index (χ4v) is 4.30. The Morgan fingerprint density at radius 1 is 1.22 bits per heavy atom. The van der Waals surface area contributed by atoms with E-state index in [9.17, 15) is 13.2 Å². The van der Waals surface area contributed by atoms with Crippen LogP contribution in [0.3, 0.4) is 0 Å². The molecular formula is C20H25N3O3S. The first-order valence-electron chi connectivity index (χ1n) is 8.81. The molecule has 0 aromatic heterocycles. The van der Waals surface area contributed by atoms with Crippen molar-refractivity contribution in [3.8, 4) is 0 Å². The lowest BCUT2D eigenvalue weighted by Crippen LogP contribution is -2.60. The van der Waals surface area contributed by atoms with Crippen LogP contribution in [0.5, 0.6) is 0 Å². The number of benzene rings is 2. The molecule has 1 atom stereocenters. The second-order valence-electron chi connectivity index (χ2n) is 7.72. The van der Waals surface area contributed by atoms with Crippen molar-refractivity contribution in [3.05, 3.63) is 65.2 Å². The van der Waals surface area contributed by atoms with Crippen LogP contribution in [0.4, 0.5) is 4.79 Å². The van der Waals surface area contributed by atoms with Crippen LogP contribution in [-0.2, 0) is 16.6 Å². The molecule has 2 aromatic rings. The van der Waals surface area contributed by atoms with E-state index in [1.807, 2.05) is 35.2 Å². The molecule has 2 amide bonds. The number of carbonyl (C=O) groups is 1. The minimum Gasteiger partial charge on any atom is -0.334 e. The van der Waals surface area contributed by atoms with Crippen LogP contribution in [-0.4, -0.2) is 25.9 Å². The van der Waals surface area contributed by atoms with E-state index in [4.69, 9.17) is 5.14 Å². The van der Waals surface area contributed by atoms with Crippen molar-refractivity contribution in [2.24, 2.45) is 10.6 Å². The van der Waals surface area contributed by atoms with Gasteiger partial charge in [-0.05, 0) is 35.7 Å². The van der Waals surface area contributed by atoms with Crippen molar-refractivity contribution in [1.29, 1.82) is 0 Å². The number of primary sulfonamides is 1. The number of sulfonamides is 1. The number of likely N-dealkylation sites (tertiary alicyclic amines) is 1.